The van der Waals surface area contributed by atoms with Crippen molar-refractivity contribution in [2.75, 3.05) is 0 Å². The Morgan fingerprint density at radius 1 is 1.81 bits per heavy atom. The maximum Gasteiger partial charge on any atom is 0.299 e. The van der Waals surface area contributed by atoms with Gasteiger partial charge >= 0.3 is 0 Å². The Kier molecular flexibility index (Phi) is 3.84. The van der Waals surface area contributed by atoms with Gasteiger partial charge in [-0.2, -0.15) is 5.10 Å². The van der Waals surface area contributed by atoms with Gasteiger partial charge in [-0.05, 0) is 25.2 Å². The lowest BCUT2D eigenvalue weighted by atomic mass is 10.2. The summed E-state index contributed by atoms with van der Waals surface area (Å²) >= 11 is 4.52. The summed E-state index contributed by atoms with van der Waals surface area (Å²) in [5.74, 6) is 0. The molecule has 0 aliphatic rings. The fourth-order valence-electron chi connectivity index (χ4n) is 1.06. The highest BCUT2D eigenvalue weighted by Gasteiger charge is 2.16. The predicted molar refractivity (Wildman–Crippen MR) is 63.1 cm³/mol. The molecular weight excluding hydrogens is 230 g/mol. The van der Waals surface area contributed by atoms with E-state index in [-0.39, 0.29) is 16.5 Å². The number of aryl methyl sites for hydroxylation is 1. The van der Waals surface area contributed by atoms with Crippen molar-refractivity contribution in [3.8, 4) is 0 Å². The number of nitrogens with one attached hydrogen (secondary N) is 1. The largest absolute Gasteiger partial charge is 0.375 e. The zero-order chi connectivity index (χ0) is 12.1. The first-order valence-corrected chi connectivity index (χ1v) is 4.61. The fourth-order valence-corrected chi connectivity index (χ4v) is 1.11. The van der Waals surface area contributed by atoms with Crippen LogP contribution in [0.15, 0.2) is 17.4 Å². The molecule has 16 heavy (non-hydrogen) atoms. The van der Waals surface area contributed by atoms with E-state index in [0.29, 0.717) is 5.56 Å². The third kappa shape index (κ3) is 2.95. The summed E-state index contributed by atoms with van der Waals surface area (Å²) in [5.41, 5.74) is 8.00. The smallest absolute Gasteiger partial charge is 0.299 e. The normalized spacial score (nSPS) is 10.3. The molecular formula is C8H9N5O2S. The van der Waals surface area contributed by atoms with Crippen molar-refractivity contribution in [3.63, 3.8) is 0 Å². The molecule has 0 bridgehead atoms. The lowest BCUT2D eigenvalue weighted by molar-refractivity contribution is -0.385. The van der Waals surface area contributed by atoms with Crippen molar-refractivity contribution in [2.45, 2.75) is 6.92 Å². The SMILES string of the molecule is Cc1ccnc(/C=N/NC(N)=S)c1[N+](=O)[O-]. The summed E-state index contributed by atoms with van der Waals surface area (Å²) in [6, 6.07) is 1.55. The van der Waals surface area contributed by atoms with E-state index in [2.05, 4.69) is 27.7 Å². The molecule has 0 spiro atoms. The Morgan fingerprint density at radius 2 is 2.50 bits per heavy atom. The minimum Gasteiger partial charge on any atom is -0.375 e. The molecule has 7 nitrogen and oxygen atoms in total. The van der Waals surface area contributed by atoms with Crippen molar-refractivity contribution in [3.05, 3.63) is 33.6 Å². The van der Waals surface area contributed by atoms with Gasteiger partial charge in [-0.15, -0.1) is 0 Å². The number of nitrogens with zero attached hydrogens (tertiary/aromatic N) is 3. The van der Waals surface area contributed by atoms with Crippen LogP contribution in [-0.4, -0.2) is 21.2 Å². The van der Waals surface area contributed by atoms with Gasteiger partial charge in [-0.25, -0.2) is 4.98 Å². The van der Waals surface area contributed by atoms with Crippen LogP contribution < -0.4 is 11.2 Å². The first-order valence-electron chi connectivity index (χ1n) is 4.21. The van der Waals surface area contributed by atoms with E-state index in [1.807, 2.05) is 0 Å². The molecule has 0 aliphatic heterocycles. The van der Waals surface area contributed by atoms with Crippen LogP contribution in [0.4, 0.5) is 5.69 Å². The highest BCUT2D eigenvalue weighted by molar-refractivity contribution is 7.80. The van der Waals surface area contributed by atoms with Gasteiger partial charge in [-0.1, -0.05) is 0 Å². The lowest BCUT2D eigenvalue weighted by Crippen LogP contribution is -2.24. The quantitative estimate of drug-likeness (QED) is 0.343. The van der Waals surface area contributed by atoms with Gasteiger partial charge in [0.25, 0.3) is 5.69 Å². The Labute approximate surface area is 96.5 Å². The van der Waals surface area contributed by atoms with Gasteiger partial charge in [0, 0.05) is 11.8 Å². The number of aromatic nitrogens is 1. The number of hydrogen-bond acceptors (Lipinski definition) is 5. The molecule has 1 rings (SSSR count). The van der Waals surface area contributed by atoms with Crippen LogP contribution in [0.2, 0.25) is 0 Å². The second-order valence-electron chi connectivity index (χ2n) is 2.85. The lowest BCUT2D eigenvalue weighted by Gasteiger charge is -1.99. The Hall–Kier alpha value is -2.09. The average molecular weight is 239 g/mol. The minimum atomic E-state index is -0.509. The van der Waals surface area contributed by atoms with Crippen LogP contribution >= 0.6 is 12.2 Å². The molecule has 0 amide bonds. The molecule has 0 fully saturated rings. The van der Waals surface area contributed by atoms with Crippen molar-refractivity contribution < 1.29 is 4.92 Å². The summed E-state index contributed by atoms with van der Waals surface area (Å²) in [6.07, 6.45) is 2.66. The van der Waals surface area contributed by atoms with Crippen molar-refractivity contribution in [1.29, 1.82) is 0 Å². The zero-order valence-corrected chi connectivity index (χ0v) is 9.19. The van der Waals surface area contributed by atoms with Gasteiger partial charge in [0.2, 0.25) is 0 Å². The molecule has 0 aliphatic carbocycles. The second-order valence-corrected chi connectivity index (χ2v) is 3.29. The maximum atomic E-state index is 10.8. The fraction of sp³-hybridized carbons (Fsp3) is 0.125. The van der Waals surface area contributed by atoms with Gasteiger partial charge in [0.05, 0.1) is 11.1 Å². The molecule has 0 radical (unpaired) electrons. The van der Waals surface area contributed by atoms with Crippen LogP contribution in [0.25, 0.3) is 0 Å². The molecule has 8 heteroatoms. The van der Waals surface area contributed by atoms with Crippen LogP contribution in [0.3, 0.4) is 0 Å². The highest BCUT2D eigenvalue weighted by Crippen LogP contribution is 2.18. The van der Waals surface area contributed by atoms with Crippen LogP contribution in [0, 0.1) is 17.0 Å². The summed E-state index contributed by atoms with van der Waals surface area (Å²) in [6.45, 7) is 1.62. The third-order valence-electron chi connectivity index (χ3n) is 1.70. The Morgan fingerprint density at radius 3 is 3.06 bits per heavy atom. The monoisotopic (exact) mass is 239 g/mol. The van der Waals surface area contributed by atoms with E-state index in [1.165, 1.54) is 12.4 Å². The second kappa shape index (κ2) is 5.12. The predicted octanol–water partition coefficient (Wildman–Crippen LogP) is 0.465. The van der Waals surface area contributed by atoms with Gasteiger partial charge in [0.1, 0.15) is 0 Å². The molecule has 0 unspecified atom stereocenters. The van der Waals surface area contributed by atoms with Gasteiger partial charge < -0.3 is 5.73 Å². The number of nitrogens with two attached hydrogens (primary N) is 1. The first kappa shape index (κ1) is 12.0. The topological polar surface area (TPSA) is 106 Å². The van der Waals surface area contributed by atoms with Crippen LogP contribution in [0.1, 0.15) is 11.3 Å². The van der Waals surface area contributed by atoms with E-state index < -0.39 is 4.92 Å². The molecule has 0 saturated heterocycles. The van der Waals surface area contributed by atoms with E-state index in [4.69, 9.17) is 5.73 Å². The Bertz CT molecular complexity index is 460. The number of rotatable bonds is 3. The molecule has 0 aromatic carbocycles. The average Bonchev–Trinajstić information content (AvgIpc) is 2.16. The summed E-state index contributed by atoms with van der Waals surface area (Å²) < 4.78 is 0. The standard InChI is InChI=1S/C8H9N5O2S/c1-5-2-3-10-6(7(5)13(14)15)4-11-12-8(9)16/h2-4H,1H3,(H3,9,12,16)/b11-4+. The summed E-state index contributed by atoms with van der Waals surface area (Å²) in [4.78, 5) is 14.1. The van der Waals surface area contributed by atoms with E-state index in [9.17, 15) is 10.1 Å². The number of thiocarbonyl (C=S) groups is 1. The number of nitro groups is 1. The third-order valence-corrected chi connectivity index (χ3v) is 1.79. The number of pyridine rings is 1. The number of hydrogen-bond donors (Lipinski definition) is 2. The molecule has 1 aromatic rings. The number of hydrazone groups is 1. The highest BCUT2D eigenvalue weighted by atomic mass is 32.1. The maximum absolute atomic E-state index is 10.8. The van der Waals surface area contributed by atoms with E-state index in [1.54, 1.807) is 13.0 Å². The zero-order valence-electron chi connectivity index (χ0n) is 8.38. The molecule has 1 heterocycles. The Balaban J connectivity index is 3.04. The molecule has 1 aromatic heterocycles. The molecule has 3 N–H and O–H groups in total. The summed E-state index contributed by atoms with van der Waals surface area (Å²) in [5, 5.41) is 14.4. The summed E-state index contributed by atoms with van der Waals surface area (Å²) in [7, 11) is 0. The van der Waals surface area contributed by atoms with E-state index >= 15 is 0 Å². The van der Waals surface area contributed by atoms with Crippen molar-refractivity contribution in [1.82, 2.24) is 10.4 Å². The van der Waals surface area contributed by atoms with Crippen molar-refractivity contribution in [2.24, 2.45) is 10.8 Å². The van der Waals surface area contributed by atoms with Crippen molar-refractivity contribution >= 4 is 29.2 Å². The van der Waals surface area contributed by atoms with Crippen LogP contribution in [-0.2, 0) is 0 Å². The molecule has 0 saturated carbocycles. The van der Waals surface area contributed by atoms with Crippen LogP contribution in [0.5, 0.6) is 0 Å². The molecule has 84 valence electrons. The minimum absolute atomic E-state index is 0.0217. The van der Waals surface area contributed by atoms with E-state index in [0.717, 1.165) is 0 Å². The first-order chi connectivity index (χ1) is 7.52. The van der Waals surface area contributed by atoms with Gasteiger partial charge in [-0.3, -0.25) is 15.5 Å². The van der Waals surface area contributed by atoms with Gasteiger partial charge in [0.15, 0.2) is 10.8 Å². The molecule has 0 atom stereocenters.